The maximum Gasteiger partial charge on any atom is 0.263 e. The van der Waals surface area contributed by atoms with Gasteiger partial charge in [-0.25, -0.2) is 17.8 Å². The second kappa shape index (κ2) is 5.87. The number of halogens is 2. The Labute approximate surface area is 127 Å². The maximum atomic E-state index is 13.0. The van der Waals surface area contributed by atoms with E-state index in [0.29, 0.717) is 17.1 Å². The van der Waals surface area contributed by atoms with Crippen molar-refractivity contribution in [2.45, 2.75) is 11.8 Å². The van der Waals surface area contributed by atoms with Gasteiger partial charge >= 0.3 is 0 Å². The molecule has 0 fully saturated rings. The quantitative estimate of drug-likeness (QED) is 0.904. The Morgan fingerprint density at radius 2 is 2.00 bits per heavy atom. The summed E-state index contributed by atoms with van der Waals surface area (Å²) in [6.07, 6.45) is 1.19. The maximum absolute atomic E-state index is 13.0. The Morgan fingerprint density at radius 3 is 2.57 bits per heavy atom. The average molecular weight is 330 g/mol. The first-order chi connectivity index (χ1) is 9.83. The molecule has 8 heteroatoms. The van der Waals surface area contributed by atoms with Gasteiger partial charge in [-0.1, -0.05) is 11.6 Å². The number of sulfonamides is 1. The van der Waals surface area contributed by atoms with Crippen LogP contribution < -0.4 is 10.0 Å². The lowest BCUT2D eigenvalue weighted by atomic mass is 10.2. The van der Waals surface area contributed by atoms with Crippen LogP contribution >= 0.6 is 11.6 Å². The van der Waals surface area contributed by atoms with Crippen molar-refractivity contribution in [3.8, 4) is 0 Å². The van der Waals surface area contributed by atoms with Crippen molar-refractivity contribution < 1.29 is 12.8 Å². The lowest BCUT2D eigenvalue weighted by molar-refractivity contribution is 0.600. The SMILES string of the molecule is CNc1ncc(S(=O)(=O)Nc2ccc(F)cc2C)cc1Cl. The fourth-order valence-electron chi connectivity index (χ4n) is 1.70. The van der Waals surface area contributed by atoms with Crippen molar-refractivity contribution >= 4 is 33.1 Å². The highest BCUT2D eigenvalue weighted by Gasteiger charge is 2.17. The molecule has 1 heterocycles. The van der Waals surface area contributed by atoms with Gasteiger partial charge in [0.2, 0.25) is 0 Å². The van der Waals surface area contributed by atoms with Crippen molar-refractivity contribution in [1.29, 1.82) is 0 Å². The molecule has 21 heavy (non-hydrogen) atoms. The number of aromatic nitrogens is 1. The lowest BCUT2D eigenvalue weighted by Gasteiger charge is -2.11. The largest absolute Gasteiger partial charge is 0.372 e. The average Bonchev–Trinajstić information content (AvgIpc) is 2.42. The zero-order valence-corrected chi connectivity index (χ0v) is 12.9. The standard InChI is InChI=1S/C13H13ClFN3O2S/c1-8-5-9(15)3-4-12(8)18-21(19,20)10-6-11(14)13(16-2)17-7-10/h3-7,18H,1-2H3,(H,16,17). The molecule has 0 aliphatic rings. The van der Waals surface area contributed by atoms with Crippen molar-refractivity contribution in [2.75, 3.05) is 17.1 Å². The summed E-state index contributed by atoms with van der Waals surface area (Å²) in [7, 11) is -2.22. The van der Waals surface area contributed by atoms with Crippen LogP contribution in [0.5, 0.6) is 0 Å². The van der Waals surface area contributed by atoms with Crippen LogP contribution in [0, 0.1) is 12.7 Å². The molecule has 2 aromatic rings. The first-order valence-corrected chi connectivity index (χ1v) is 7.82. The molecule has 0 amide bonds. The summed E-state index contributed by atoms with van der Waals surface area (Å²) in [6, 6.07) is 5.08. The molecule has 0 saturated carbocycles. The number of nitrogens with zero attached hydrogens (tertiary/aromatic N) is 1. The Kier molecular flexibility index (Phi) is 4.34. The molecule has 1 aromatic carbocycles. The molecule has 2 rings (SSSR count). The van der Waals surface area contributed by atoms with Gasteiger partial charge in [0.05, 0.1) is 10.7 Å². The number of nitrogens with one attached hydrogen (secondary N) is 2. The lowest BCUT2D eigenvalue weighted by Crippen LogP contribution is -2.14. The van der Waals surface area contributed by atoms with Gasteiger partial charge < -0.3 is 5.32 Å². The Morgan fingerprint density at radius 1 is 1.29 bits per heavy atom. The molecule has 0 atom stereocenters. The summed E-state index contributed by atoms with van der Waals surface area (Å²) in [5, 5.41) is 2.93. The van der Waals surface area contributed by atoms with Gasteiger partial charge in [0.25, 0.3) is 10.0 Å². The third-order valence-corrected chi connectivity index (χ3v) is 4.42. The minimum Gasteiger partial charge on any atom is -0.372 e. The molecular weight excluding hydrogens is 317 g/mol. The third-order valence-electron chi connectivity index (χ3n) is 2.80. The van der Waals surface area contributed by atoms with Gasteiger partial charge in [0.1, 0.15) is 16.5 Å². The molecule has 112 valence electrons. The Bertz CT molecular complexity index is 781. The molecular formula is C13H13ClFN3O2S. The van der Waals surface area contributed by atoms with Crippen LogP contribution in [0.3, 0.4) is 0 Å². The van der Waals surface area contributed by atoms with Crippen molar-refractivity contribution in [3.63, 3.8) is 0 Å². The minimum absolute atomic E-state index is 0.0739. The predicted octanol–water partition coefficient (Wildman–Crippen LogP) is 3.03. The zero-order valence-electron chi connectivity index (χ0n) is 11.3. The van der Waals surface area contributed by atoms with Crippen molar-refractivity contribution in [3.05, 3.63) is 46.9 Å². The van der Waals surface area contributed by atoms with Crippen LogP contribution in [0.15, 0.2) is 35.4 Å². The van der Waals surface area contributed by atoms with Crippen LogP contribution in [0.1, 0.15) is 5.56 Å². The Hall–Kier alpha value is -1.86. The van der Waals surface area contributed by atoms with Gasteiger partial charge in [-0.3, -0.25) is 4.72 Å². The highest BCUT2D eigenvalue weighted by atomic mass is 35.5. The highest BCUT2D eigenvalue weighted by Crippen LogP contribution is 2.24. The molecule has 0 aliphatic heterocycles. The van der Waals surface area contributed by atoms with E-state index in [1.54, 1.807) is 14.0 Å². The second-order valence-corrected chi connectivity index (χ2v) is 6.41. The number of rotatable bonds is 4. The van der Waals surface area contributed by atoms with E-state index in [4.69, 9.17) is 11.6 Å². The number of hydrogen-bond donors (Lipinski definition) is 2. The van der Waals surface area contributed by atoms with E-state index in [-0.39, 0.29) is 9.92 Å². The van der Waals surface area contributed by atoms with Gasteiger partial charge in [0.15, 0.2) is 0 Å². The number of pyridine rings is 1. The van der Waals surface area contributed by atoms with Crippen LogP contribution in [0.4, 0.5) is 15.9 Å². The van der Waals surface area contributed by atoms with E-state index in [9.17, 15) is 12.8 Å². The monoisotopic (exact) mass is 329 g/mol. The molecule has 0 saturated heterocycles. The summed E-state index contributed by atoms with van der Waals surface area (Å²) in [5.41, 5.74) is 0.773. The summed E-state index contributed by atoms with van der Waals surface area (Å²) in [4.78, 5) is 3.85. The number of aryl methyl sites for hydroxylation is 1. The van der Waals surface area contributed by atoms with Crippen LogP contribution in [0.2, 0.25) is 5.02 Å². The number of hydrogen-bond acceptors (Lipinski definition) is 4. The molecule has 0 spiro atoms. The van der Waals surface area contributed by atoms with E-state index < -0.39 is 15.8 Å². The first kappa shape index (κ1) is 15.5. The minimum atomic E-state index is -3.84. The second-order valence-electron chi connectivity index (χ2n) is 4.32. The fourth-order valence-corrected chi connectivity index (χ4v) is 3.12. The van der Waals surface area contributed by atoms with Crippen molar-refractivity contribution in [1.82, 2.24) is 4.98 Å². The zero-order chi connectivity index (χ0) is 15.6. The summed E-state index contributed by atoms with van der Waals surface area (Å²) in [6.45, 7) is 1.61. The van der Waals surface area contributed by atoms with Crippen LogP contribution in [0.25, 0.3) is 0 Å². The van der Waals surface area contributed by atoms with Crippen LogP contribution in [-0.4, -0.2) is 20.4 Å². The molecule has 0 bridgehead atoms. The third kappa shape index (κ3) is 3.43. The van der Waals surface area contributed by atoms with E-state index in [1.165, 1.54) is 30.5 Å². The van der Waals surface area contributed by atoms with Gasteiger partial charge in [-0.2, -0.15) is 0 Å². The summed E-state index contributed by atoms with van der Waals surface area (Å²) < 4.78 is 39.9. The van der Waals surface area contributed by atoms with Gasteiger partial charge in [-0.05, 0) is 36.8 Å². The van der Waals surface area contributed by atoms with E-state index in [2.05, 4.69) is 15.0 Å². The molecule has 5 nitrogen and oxygen atoms in total. The number of anilines is 2. The highest BCUT2D eigenvalue weighted by molar-refractivity contribution is 7.92. The van der Waals surface area contributed by atoms with Gasteiger partial charge in [0, 0.05) is 13.2 Å². The summed E-state index contributed by atoms with van der Waals surface area (Å²) >= 11 is 5.92. The van der Waals surface area contributed by atoms with Crippen molar-refractivity contribution in [2.24, 2.45) is 0 Å². The molecule has 0 unspecified atom stereocenters. The normalized spacial score (nSPS) is 11.2. The van der Waals surface area contributed by atoms with E-state index >= 15 is 0 Å². The summed E-state index contributed by atoms with van der Waals surface area (Å²) in [5.74, 6) is -0.0490. The van der Waals surface area contributed by atoms with E-state index in [1.807, 2.05) is 0 Å². The molecule has 0 radical (unpaired) electrons. The molecule has 0 aliphatic carbocycles. The predicted molar refractivity (Wildman–Crippen MR) is 80.7 cm³/mol. The Balaban J connectivity index is 2.36. The first-order valence-electron chi connectivity index (χ1n) is 5.96. The molecule has 1 aromatic heterocycles. The van der Waals surface area contributed by atoms with Crippen LogP contribution in [-0.2, 0) is 10.0 Å². The topological polar surface area (TPSA) is 71.1 Å². The smallest absolute Gasteiger partial charge is 0.263 e. The van der Waals surface area contributed by atoms with Gasteiger partial charge in [-0.15, -0.1) is 0 Å². The van der Waals surface area contributed by atoms with E-state index in [0.717, 1.165) is 0 Å². The fraction of sp³-hybridized carbons (Fsp3) is 0.154. The number of benzene rings is 1. The molecule has 2 N–H and O–H groups in total.